The Kier molecular flexibility index (Phi) is 4.12. The number of β-amino-alcohol motifs (C(OH)–C–C–N with tert-alkyl or cyclic N) is 1. The van der Waals surface area contributed by atoms with E-state index in [0.717, 1.165) is 22.5 Å². The Morgan fingerprint density at radius 2 is 1.90 bits per heavy atom. The zero-order valence-corrected chi connectivity index (χ0v) is 13.0. The van der Waals surface area contributed by atoms with Gasteiger partial charge in [0.25, 0.3) is 0 Å². The van der Waals surface area contributed by atoms with Crippen LogP contribution in [0.2, 0.25) is 0 Å². The molecule has 0 aliphatic carbocycles. The molecule has 0 saturated carbocycles. The highest BCUT2D eigenvalue weighted by atomic mass is 32.2. The minimum atomic E-state index is -3.75. The molecule has 0 radical (unpaired) electrons. The van der Waals surface area contributed by atoms with E-state index in [1.807, 2.05) is 0 Å². The van der Waals surface area contributed by atoms with Crippen molar-refractivity contribution in [1.29, 1.82) is 0 Å². The number of aliphatic hydroxyl groups excluding tert-OH is 1. The van der Waals surface area contributed by atoms with Gasteiger partial charge in [-0.1, -0.05) is 0 Å². The monoisotopic (exact) mass is 319 g/mol. The Morgan fingerprint density at radius 1 is 1.29 bits per heavy atom. The molecule has 1 aromatic carbocycles. The molecule has 1 N–H and O–H groups in total. The summed E-state index contributed by atoms with van der Waals surface area (Å²) in [6.45, 7) is 4.49. The van der Waals surface area contributed by atoms with Gasteiger partial charge < -0.3 is 5.11 Å². The Hall–Kier alpha value is -1.05. The highest BCUT2D eigenvalue weighted by molar-refractivity contribution is 7.90. The van der Waals surface area contributed by atoms with Gasteiger partial charge in [0.2, 0.25) is 10.0 Å². The second-order valence-electron chi connectivity index (χ2n) is 6.26. The molecular weight excluding hydrogens is 300 g/mol. The molecule has 1 aliphatic rings. The van der Waals surface area contributed by atoms with E-state index < -0.39 is 38.6 Å². The maximum atomic E-state index is 13.9. The third-order valence-corrected chi connectivity index (χ3v) is 6.20. The zero-order chi connectivity index (χ0) is 16.0. The van der Waals surface area contributed by atoms with E-state index in [9.17, 15) is 22.3 Å². The summed E-state index contributed by atoms with van der Waals surface area (Å²) in [5, 5.41) is 9.80. The molecule has 1 heterocycles. The normalized spacial score (nSPS) is 24.5. The van der Waals surface area contributed by atoms with E-state index in [4.69, 9.17) is 0 Å². The van der Waals surface area contributed by atoms with E-state index in [1.54, 1.807) is 0 Å². The molecule has 1 saturated heterocycles. The lowest BCUT2D eigenvalue weighted by atomic mass is 10.0. The molecule has 118 valence electrons. The van der Waals surface area contributed by atoms with E-state index in [-0.39, 0.29) is 18.5 Å². The van der Waals surface area contributed by atoms with Crippen LogP contribution >= 0.6 is 0 Å². The van der Waals surface area contributed by atoms with Gasteiger partial charge in [-0.2, -0.15) is 4.31 Å². The predicted molar refractivity (Wildman–Crippen MR) is 75.1 cm³/mol. The molecule has 7 heteroatoms. The van der Waals surface area contributed by atoms with Crippen LogP contribution in [-0.4, -0.2) is 35.2 Å². The number of benzene rings is 1. The van der Waals surface area contributed by atoms with Gasteiger partial charge in [0.05, 0.1) is 16.9 Å². The summed E-state index contributed by atoms with van der Waals surface area (Å²) < 4.78 is 52.4. The third-order valence-electron chi connectivity index (χ3n) is 3.63. The lowest BCUT2D eigenvalue weighted by molar-refractivity contribution is 0.188. The molecule has 1 fully saturated rings. The number of sulfonamides is 1. The molecule has 0 amide bonds. The Bertz CT molecular complexity index is 640. The summed E-state index contributed by atoms with van der Waals surface area (Å²) in [6.07, 6.45) is -0.842. The minimum Gasteiger partial charge on any atom is -0.392 e. The maximum Gasteiger partial charge on any atom is 0.219 e. The van der Waals surface area contributed by atoms with E-state index in [0.29, 0.717) is 0 Å². The van der Waals surface area contributed by atoms with Crippen molar-refractivity contribution in [2.45, 2.75) is 44.1 Å². The van der Waals surface area contributed by atoms with Crippen molar-refractivity contribution in [1.82, 2.24) is 4.31 Å². The van der Waals surface area contributed by atoms with Crippen LogP contribution in [0.4, 0.5) is 8.78 Å². The summed E-state index contributed by atoms with van der Waals surface area (Å²) >= 11 is 0. The Labute approximate surface area is 123 Å². The van der Waals surface area contributed by atoms with Crippen molar-refractivity contribution in [3.8, 4) is 0 Å². The van der Waals surface area contributed by atoms with Crippen LogP contribution in [0.3, 0.4) is 0 Å². The highest BCUT2D eigenvalue weighted by Gasteiger charge is 2.45. The summed E-state index contributed by atoms with van der Waals surface area (Å²) in [6, 6.07) is 2.05. The van der Waals surface area contributed by atoms with Crippen LogP contribution in [-0.2, 0) is 10.0 Å². The van der Waals surface area contributed by atoms with Crippen LogP contribution in [0.1, 0.15) is 38.8 Å². The van der Waals surface area contributed by atoms with Gasteiger partial charge in [-0.25, -0.2) is 17.2 Å². The SMILES string of the molecule is CC(C)(C)S(=O)(=O)N1C[C@H](O)C[C@@H]1c1cc(F)ccc1F. The fourth-order valence-electron chi connectivity index (χ4n) is 2.45. The molecule has 0 spiro atoms. The van der Waals surface area contributed by atoms with Crippen molar-refractivity contribution in [3.63, 3.8) is 0 Å². The summed E-state index contributed by atoms with van der Waals surface area (Å²) in [7, 11) is -3.75. The van der Waals surface area contributed by atoms with Crippen molar-refractivity contribution >= 4 is 10.0 Å². The average Bonchev–Trinajstić information content (AvgIpc) is 2.73. The predicted octanol–water partition coefficient (Wildman–Crippen LogP) is 2.20. The molecule has 1 aliphatic heterocycles. The minimum absolute atomic E-state index is 0.0422. The first-order valence-electron chi connectivity index (χ1n) is 6.68. The summed E-state index contributed by atoms with van der Waals surface area (Å²) in [5.41, 5.74) is -0.0422. The standard InChI is InChI=1S/C14H19F2NO3S/c1-14(2,3)21(19,20)17-8-10(18)7-13(17)11-6-9(15)4-5-12(11)16/h4-6,10,13,18H,7-8H2,1-3H3/t10-,13-/m1/s1. The third kappa shape index (κ3) is 2.95. The van der Waals surface area contributed by atoms with E-state index in [2.05, 4.69) is 0 Å². The number of hydrogen-bond donors (Lipinski definition) is 1. The second kappa shape index (κ2) is 5.30. The van der Waals surface area contributed by atoms with Gasteiger partial charge in [-0.05, 0) is 45.4 Å². The van der Waals surface area contributed by atoms with Gasteiger partial charge in [0.15, 0.2) is 0 Å². The van der Waals surface area contributed by atoms with Crippen molar-refractivity contribution in [3.05, 3.63) is 35.4 Å². The first kappa shape index (κ1) is 16.3. The molecule has 21 heavy (non-hydrogen) atoms. The van der Waals surface area contributed by atoms with Gasteiger partial charge in [0, 0.05) is 12.1 Å². The number of halogens is 2. The lowest BCUT2D eigenvalue weighted by Gasteiger charge is -2.31. The molecule has 2 rings (SSSR count). The van der Waals surface area contributed by atoms with Crippen LogP contribution < -0.4 is 0 Å². The number of nitrogens with zero attached hydrogens (tertiary/aromatic N) is 1. The number of aliphatic hydroxyl groups is 1. The van der Waals surface area contributed by atoms with Gasteiger partial charge in [-0.3, -0.25) is 0 Å². The van der Waals surface area contributed by atoms with Crippen LogP contribution in [0.5, 0.6) is 0 Å². The zero-order valence-electron chi connectivity index (χ0n) is 12.2. The van der Waals surface area contributed by atoms with Crippen molar-refractivity contribution in [2.24, 2.45) is 0 Å². The van der Waals surface area contributed by atoms with Crippen molar-refractivity contribution < 1.29 is 22.3 Å². The fraction of sp³-hybridized carbons (Fsp3) is 0.571. The molecular formula is C14H19F2NO3S. The number of hydrogen-bond acceptors (Lipinski definition) is 3. The Balaban J connectivity index is 2.50. The van der Waals surface area contributed by atoms with Gasteiger partial charge in [-0.15, -0.1) is 0 Å². The summed E-state index contributed by atoms with van der Waals surface area (Å²) in [4.78, 5) is 0. The van der Waals surface area contributed by atoms with Crippen LogP contribution in [0, 0.1) is 11.6 Å². The quantitative estimate of drug-likeness (QED) is 0.909. The van der Waals surface area contributed by atoms with E-state index in [1.165, 1.54) is 20.8 Å². The first-order valence-corrected chi connectivity index (χ1v) is 8.12. The second-order valence-corrected chi connectivity index (χ2v) is 8.90. The molecule has 0 aromatic heterocycles. The molecule has 0 bridgehead atoms. The van der Waals surface area contributed by atoms with Gasteiger partial charge >= 0.3 is 0 Å². The van der Waals surface area contributed by atoms with Crippen LogP contribution in [0.25, 0.3) is 0 Å². The molecule has 2 atom stereocenters. The molecule has 1 aromatic rings. The first-order chi connectivity index (χ1) is 9.54. The van der Waals surface area contributed by atoms with Crippen molar-refractivity contribution in [2.75, 3.05) is 6.54 Å². The Morgan fingerprint density at radius 3 is 2.48 bits per heavy atom. The molecule has 4 nitrogen and oxygen atoms in total. The highest BCUT2D eigenvalue weighted by Crippen LogP contribution is 2.39. The number of rotatable bonds is 2. The average molecular weight is 319 g/mol. The lowest BCUT2D eigenvalue weighted by Crippen LogP contribution is -2.43. The van der Waals surface area contributed by atoms with Crippen LogP contribution in [0.15, 0.2) is 18.2 Å². The van der Waals surface area contributed by atoms with Gasteiger partial charge in [0.1, 0.15) is 11.6 Å². The molecule has 0 unspecified atom stereocenters. The topological polar surface area (TPSA) is 57.6 Å². The summed E-state index contributed by atoms with van der Waals surface area (Å²) in [5.74, 6) is -1.31. The fourth-order valence-corrected chi connectivity index (χ4v) is 4.06. The van der Waals surface area contributed by atoms with E-state index >= 15 is 0 Å². The smallest absolute Gasteiger partial charge is 0.219 e. The maximum absolute atomic E-state index is 13.9. The largest absolute Gasteiger partial charge is 0.392 e.